The summed E-state index contributed by atoms with van der Waals surface area (Å²) in [7, 11) is 0. The van der Waals surface area contributed by atoms with E-state index in [0.717, 1.165) is 25.7 Å². The van der Waals surface area contributed by atoms with Crippen LogP contribution in [0.2, 0.25) is 0 Å². The maximum Gasteiger partial charge on any atom is 0.254 e. The Hall–Kier alpha value is -3.42. The topological polar surface area (TPSA) is 77.5 Å². The van der Waals surface area contributed by atoms with E-state index in [9.17, 15) is 9.59 Å². The highest BCUT2D eigenvalue weighted by atomic mass is 16.5. The Morgan fingerprint density at radius 3 is 1.18 bits per heavy atom. The van der Waals surface area contributed by atoms with E-state index in [0.29, 0.717) is 86.7 Å². The molecule has 38 heavy (non-hydrogen) atoms. The minimum atomic E-state index is -0.0758. The molecule has 2 amide bonds. The van der Waals surface area contributed by atoms with Crippen molar-refractivity contribution in [2.75, 3.05) is 52.6 Å². The molecule has 0 unspecified atom stereocenters. The van der Waals surface area contributed by atoms with Crippen LogP contribution in [0.1, 0.15) is 74.1 Å². The normalized spacial score (nSPS) is 13.3. The number of hydrogen-bond donors (Lipinski definition) is 0. The molecule has 1 heterocycles. The largest absolute Gasteiger partial charge is 0.490 e. The van der Waals surface area contributed by atoms with E-state index in [1.807, 2.05) is 27.7 Å². The predicted molar refractivity (Wildman–Crippen MR) is 148 cm³/mol. The monoisotopic (exact) mass is 526 g/mol. The lowest BCUT2D eigenvalue weighted by Gasteiger charge is -2.35. The SMILES string of the molecule is CCCOc1ccc(C(=O)N2CCN(C(=O)c3ccc(OCCC)c(OCCC)c3)CC2)cc1OCCC. The van der Waals surface area contributed by atoms with Gasteiger partial charge in [0.05, 0.1) is 26.4 Å². The summed E-state index contributed by atoms with van der Waals surface area (Å²) < 4.78 is 23.3. The fraction of sp³-hybridized carbons (Fsp3) is 0.533. The third kappa shape index (κ3) is 7.79. The van der Waals surface area contributed by atoms with Crippen molar-refractivity contribution in [3.8, 4) is 23.0 Å². The molecule has 0 spiro atoms. The summed E-state index contributed by atoms with van der Waals surface area (Å²) in [5.74, 6) is 2.34. The molecule has 1 saturated heterocycles. The summed E-state index contributed by atoms with van der Waals surface area (Å²) in [6.45, 7) is 12.3. The zero-order valence-electron chi connectivity index (χ0n) is 23.3. The van der Waals surface area contributed by atoms with Crippen LogP contribution in [0.15, 0.2) is 36.4 Å². The van der Waals surface area contributed by atoms with Gasteiger partial charge in [0.25, 0.3) is 11.8 Å². The predicted octanol–water partition coefficient (Wildman–Crippen LogP) is 5.44. The van der Waals surface area contributed by atoms with Gasteiger partial charge in [-0.2, -0.15) is 0 Å². The first-order valence-corrected chi connectivity index (χ1v) is 13.9. The molecule has 0 aromatic heterocycles. The van der Waals surface area contributed by atoms with Crippen LogP contribution >= 0.6 is 0 Å². The molecule has 0 radical (unpaired) electrons. The molecule has 2 aromatic carbocycles. The van der Waals surface area contributed by atoms with E-state index in [4.69, 9.17) is 18.9 Å². The zero-order chi connectivity index (χ0) is 27.3. The van der Waals surface area contributed by atoms with Gasteiger partial charge in [-0.05, 0) is 62.1 Å². The van der Waals surface area contributed by atoms with Crippen molar-refractivity contribution in [3.05, 3.63) is 47.5 Å². The number of piperazine rings is 1. The van der Waals surface area contributed by atoms with E-state index in [1.54, 1.807) is 46.2 Å². The molecule has 1 aliphatic heterocycles. The van der Waals surface area contributed by atoms with E-state index >= 15 is 0 Å². The Kier molecular flexibility index (Phi) is 11.6. The van der Waals surface area contributed by atoms with Gasteiger partial charge in [-0.15, -0.1) is 0 Å². The van der Waals surface area contributed by atoms with Crippen molar-refractivity contribution in [2.45, 2.75) is 53.4 Å². The maximum absolute atomic E-state index is 13.3. The molecule has 0 atom stereocenters. The van der Waals surface area contributed by atoms with E-state index in [2.05, 4.69) is 0 Å². The van der Waals surface area contributed by atoms with E-state index in [-0.39, 0.29) is 11.8 Å². The summed E-state index contributed by atoms with van der Waals surface area (Å²) in [4.78, 5) is 30.1. The quantitative estimate of drug-likeness (QED) is 0.326. The van der Waals surface area contributed by atoms with Crippen molar-refractivity contribution < 1.29 is 28.5 Å². The second kappa shape index (κ2) is 15.1. The molecular weight excluding hydrogens is 484 g/mol. The number of amides is 2. The molecule has 0 bridgehead atoms. The standard InChI is InChI=1S/C30H42N2O6/c1-5-17-35-25-11-9-23(21-27(25)37-19-7-3)29(33)31-13-15-32(16-14-31)30(34)24-10-12-26(36-18-6-2)28(22-24)38-20-8-4/h9-12,21-22H,5-8,13-20H2,1-4H3. The summed E-state index contributed by atoms with van der Waals surface area (Å²) in [5, 5.41) is 0. The molecule has 3 rings (SSSR count). The zero-order valence-corrected chi connectivity index (χ0v) is 23.3. The van der Waals surface area contributed by atoms with Gasteiger partial charge in [0, 0.05) is 37.3 Å². The molecule has 8 nitrogen and oxygen atoms in total. The van der Waals surface area contributed by atoms with Gasteiger partial charge < -0.3 is 28.7 Å². The second-order valence-electron chi connectivity index (χ2n) is 9.30. The highest BCUT2D eigenvalue weighted by Crippen LogP contribution is 2.31. The molecule has 1 aliphatic rings. The summed E-state index contributed by atoms with van der Waals surface area (Å²) in [6.07, 6.45) is 3.51. The fourth-order valence-electron chi connectivity index (χ4n) is 4.07. The van der Waals surface area contributed by atoms with Crippen molar-refractivity contribution in [1.29, 1.82) is 0 Å². The molecular formula is C30H42N2O6. The molecule has 0 aliphatic carbocycles. The summed E-state index contributed by atoms with van der Waals surface area (Å²) >= 11 is 0. The summed E-state index contributed by atoms with van der Waals surface area (Å²) in [6, 6.07) is 10.7. The molecule has 208 valence electrons. The average Bonchev–Trinajstić information content (AvgIpc) is 2.96. The Labute approximate surface area is 226 Å². The first-order valence-electron chi connectivity index (χ1n) is 13.9. The number of carbonyl (C=O) groups excluding carboxylic acids is 2. The molecule has 0 saturated carbocycles. The van der Waals surface area contributed by atoms with Crippen LogP contribution in [0.25, 0.3) is 0 Å². The van der Waals surface area contributed by atoms with Crippen LogP contribution in [0, 0.1) is 0 Å². The lowest BCUT2D eigenvalue weighted by molar-refractivity contribution is 0.0535. The fourth-order valence-corrected chi connectivity index (χ4v) is 4.07. The first kappa shape index (κ1) is 29.1. The van der Waals surface area contributed by atoms with Crippen LogP contribution in [-0.4, -0.2) is 74.2 Å². The molecule has 8 heteroatoms. The van der Waals surface area contributed by atoms with Crippen LogP contribution in [0.4, 0.5) is 0 Å². The number of carbonyl (C=O) groups is 2. The van der Waals surface area contributed by atoms with Gasteiger partial charge in [0.2, 0.25) is 0 Å². The Morgan fingerprint density at radius 2 is 0.868 bits per heavy atom. The van der Waals surface area contributed by atoms with Crippen LogP contribution in [0.3, 0.4) is 0 Å². The van der Waals surface area contributed by atoms with Crippen molar-refractivity contribution >= 4 is 11.8 Å². The van der Waals surface area contributed by atoms with Crippen molar-refractivity contribution in [3.63, 3.8) is 0 Å². The number of nitrogens with zero attached hydrogens (tertiary/aromatic N) is 2. The van der Waals surface area contributed by atoms with Gasteiger partial charge in [-0.25, -0.2) is 0 Å². The van der Waals surface area contributed by atoms with Crippen LogP contribution < -0.4 is 18.9 Å². The molecule has 0 N–H and O–H groups in total. The summed E-state index contributed by atoms with van der Waals surface area (Å²) in [5.41, 5.74) is 1.11. The van der Waals surface area contributed by atoms with Gasteiger partial charge in [-0.1, -0.05) is 27.7 Å². The lowest BCUT2D eigenvalue weighted by Crippen LogP contribution is -2.50. The lowest BCUT2D eigenvalue weighted by atomic mass is 10.1. The molecule has 2 aromatic rings. The van der Waals surface area contributed by atoms with Gasteiger partial charge in [-0.3, -0.25) is 9.59 Å². The second-order valence-corrected chi connectivity index (χ2v) is 9.30. The van der Waals surface area contributed by atoms with Gasteiger partial charge in [0.15, 0.2) is 23.0 Å². The van der Waals surface area contributed by atoms with Crippen LogP contribution in [0.5, 0.6) is 23.0 Å². The first-order chi connectivity index (χ1) is 18.5. The third-order valence-corrected chi connectivity index (χ3v) is 6.08. The number of ether oxygens (including phenoxy) is 4. The van der Waals surface area contributed by atoms with Gasteiger partial charge in [0.1, 0.15) is 0 Å². The van der Waals surface area contributed by atoms with E-state index < -0.39 is 0 Å². The van der Waals surface area contributed by atoms with Crippen molar-refractivity contribution in [2.24, 2.45) is 0 Å². The Balaban J connectivity index is 1.65. The highest BCUT2D eigenvalue weighted by molar-refractivity contribution is 5.96. The number of rotatable bonds is 14. The van der Waals surface area contributed by atoms with E-state index in [1.165, 1.54) is 0 Å². The minimum absolute atomic E-state index is 0.0758. The maximum atomic E-state index is 13.3. The average molecular weight is 527 g/mol. The molecule has 1 fully saturated rings. The van der Waals surface area contributed by atoms with Crippen molar-refractivity contribution in [1.82, 2.24) is 9.80 Å². The minimum Gasteiger partial charge on any atom is -0.490 e. The third-order valence-electron chi connectivity index (χ3n) is 6.08. The Morgan fingerprint density at radius 1 is 0.553 bits per heavy atom. The van der Waals surface area contributed by atoms with Crippen LogP contribution in [-0.2, 0) is 0 Å². The smallest absolute Gasteiger partial charge is 0.254 e. The highest BCUT2D eigenvalue weighted by Gasteiger charge is 2.27. The Bertz CT molecular complexity index is 966. The number of benzene rings is 2. The van der Waals surface area contributed by atoms with Gasteiger partial charge >= 0.3 is 0 Å². The number of hydrogen-bond acceptors (Lipinski definition) is 6.